The molecule has 1 aromatic rings. The zero-order valence-corrected chi connectivity index (χ0v) is 13.7. The summed E-state index contributed by atoms with van der Waals surface area (Å²) < 4.78 is 0. The van der Waals surface area contributed by atoms with Gasteiger partial charge in [-0.3, -0.25) is 9.78 Å². The number of thioether (sulfide) groups is 1. The van der Waals surface area contributed by atoms with Crippen molar-refractivity contribution in [3.8, 4) is 0 Å². The van der Waals surface area contributed by atoms with Gasteiger partial charge in [-0.15, -0.1) is 0 Å². The van der Waals surface area contributed by atoms with E-state index in [0.29, 0.717) is 12.2 Å². The number of likely N-dealkylation sites (tertiary alicyclic amines) is 1. The van der Waals surface area contributed by atoms with Crippen LogP contribution in [0.1, 0.15) is 29.8 Å². The molecule has 2 N–H and O–H groups in total. The quantitative estimate of drug-likeness (QED) is 0.708. The second-order valence-electron chi connectivity index (χ2n) is 5.56. The van der Waals surface area contributed by atoms with Gasteiger partial charge in [-0.25, -0.2) is 0 Å². The van der Waals surface area contributed by atoms with Crippen LogP contribution in [0, 0.1) is 0 Å². The molecule has 0 saturated carbocycles. The normalized spacial score (nSPS) is 17.1. The smallest absolute Gasteiger partial charge is 0.269 e. The molecular formula is C16H25N3O2S. The molecule has 122 valence electrons. The number of aliphatic hydroxyl groups is 1. The zero-order valence-electron chi connectivity index (χ0n) is 12.9. The van der Waals surface area contributed by atoms with Gasteiger partial charge in [-0.2, -0.15) is 11.8 Å². The third-order valence-corrected chi connectivity index (χ3v) is 4.77. The van der Waals surface area contributed by atoms with Crippen molar-refractivity contribution < 1.29 is 9.90 Å². The Balaban J connectivity index is 1.52. The molecule has 1 unspecified atom stereocenters. The van der Waals surface area contributed by atoms with E-state index in [1.165, 1.54) is 19.3 Å². The van der Waals surface area contributed by atoms with Crippen molar-refractivity contribution in [3.63, 3.8) is 0 Å². The standard InChI is InChI=1S/C16H25N3O2S/c20-14(12-19-9-4-1-5-10-19)13-22-11-8-18-16(21)15-6-2-3-7-17-15/h2-3,6-7,14,20H,1,4-5,8-13H2,(H,18,21). The van der Waals surface area contributed by atoms with Crippen molar-refractivity contribution in [2.75, 3.05) is 37.7 Å². The topological polar surface area (TPSA) is 65.5 Å². The number of amides is 1. The Bertz CT molecular complexity index is 438. The lowest BCUT2D eigenvalue weighted by Gasteiger charge is -2.28. The molecular weight excluding hydrogens is 298 g/mol. The van der Waals surface area contributed by atoms with Crippen LogP contribution < -0.4 is 5.32 Å². The van der Waals surface area contributed by atoms with Gasteiger partial charge in [0.25, 0.3) is 5.91 Å². The number of aliphatic hydroxyl groups excluding tert-OH is 1. The van der Waals surface area contributed by atoms with Crippen LogP contribution in [-0.2, 0) is 0 Å². The summed E-state index contributed by atoms with van der Waals surface area (Å²) in [6, 6.07) is 5.29. The van der Waals surface area contributed by atoms with Gasteiger partial charge in [0, 0.05) is 30.8 Å². The van der Waals surface area contributed by atoms with Crippen molar-refractivity contribution in [2.45, 2.75) is 25.4 Å². The molecule has 0 spiro atoms. The van der Waals surface area contributed by atoms with Crippen LogP contribution in [-0.4, -0.2) is 64.7 Å². The van der Waals surface area contributed by atoms with Crippen LogP contribution in [0.25, 0.3) is 0 Å². The molecule has 1 saturated heterocycles. The Morgan fingerprint density at radius 3 is 2.91 bits per heavy atom. The van der Waals surface area contributed by atoms with Gasteiger partial charge in [0.15, 0.2) is 0 Å². The number of carbonyl (C=O) groups excluding carboxylic acids is 1. The SMILES string of the molecule is O=C(NCCSCC(O)CN1CCCCC1)c1ccccn1. The predicted molar refractivity (Wildman–Crippen MR) is 90.2 cm³/mol. The molecule has 6 heteroatoms. The number of piperidine rings is 1. The molecule has 0 aliphatic carbocycles. The molecule has 1 atom stereocenters. The van der Waals surface area contributed by atoms with Crippen molar-refractivity contribution in [3.05, 3.63) is 30.1 Å². The Morgan fingerprint density at radius 2 is 2.18 bits per heavy atom. The molecule has 0 bridgehead atoms. The lowest BCUT2D eigenvalue weighted by Crippen LogP contribution is -2.37. The molecule has 1 amide bonds. The van der Waals surface area contributed by atoms with Crippen LogP contribution in [0.3, 0.4) is 0 Å². The highest BCUT2D eigenvalue weighted by Crippen LogP contribution is 2.10. The summed E-state index contributed by atoms with van der Waals surface area (Å²) >= 11 is 1.68. The van der Waals surface area contributed by atoms with Crippen molar-refractivity contribution in [1.82, 2.24) is 15.2 Å². The Kier molecular flexibility index (Phi) is 7.70. The van der Waals surface area contributed by atoms with Gasteiger partial charge in [0.2, 0.25) is 0 Å². The maximum atomic E-state index is 11.8. The van der Waals surface area contributed by atoms with E-state index in [9.17, 15) is 9.90 Å². The van der Waals surface area contributed by atoms with Crippen molar-refractivity contribution in [1.29, 1.82) is 0 Å². The zero-order chi connectivity index (χ0) is 15.6. The van der Waals surface area contributed by atoms with E-state index in [0.717, 1.165) is 31.1 Å². The highest BCUT2D eigenvalue weighted by atomic mass is 32.2. The number of nitrogens with zero attached hydrogens (tertiary/aromatic N) is 2. The molecule has 2 heterocycles. The Hall–Kier alpha value is -1.11. The molecule has 0 radical (unpaired) electrons. The minimum Gasteiger partial charge on any atom is -0.391 e. The number of carbonyl (C=O) groups is 1. The van der Waals surface area contributed by atoms with Crippen LogP contribution in [0.4, 0.5) is 0 Å². The number of hydrogen-bond acceptors (Lipinski definition) is 5. The molecule has 22 heavy (non-hydrogen) atoms. The Morgan fingerprint density at radius 1 is 1.36 bits per heavy atom. The van der Waals surface area contributed by atoms with Gasteiger partial charge in [0.1, 0.15) is 5.69 Å². The largest absolute Gasteiger partial charge is 0.391 e. The lowest BCUT2D eigenvalue weighted by molar-refractivity contribution is 0.0951. The van der Waals surface area contributed by atoms with Gasteiger partial charge in [-0.1, -0.05) is 12.5 Å². The average Bonchev–Trinajstić information content (AvgIpc) is 2.56. The van der Waals surface area contributed by atoms with Crippen LogP contribution >= 0.6 is 11.8 Å². The van der Waals surface area contributed by atoms with Gasteiger partial charge < -0.3 is 15.3 Å². The average molecular weight is 323 g/mol. The summed E-state index contributed by atoms with van der Waals surface area (Å²) in [5.41, 5.74) is 0.442. The minimum atomic E-state index is -0.283. The van der Waals surface area contributed by atoms with E-state index in [1.54, 1.807) is 36.2 Å². The van der Waals surface area contributed by atoms with E-state index >= 15 is 0 Å². The maximum Gasteiger partial charge on any atom is 0.269 e. The molecule has 1 aromatic heterocycles. The predicted octanol–water partition coefficient (Wildman–Crippen LogP) is 1.39. The highest BCUT2D eigenvalue weighted by molar-refractivity contribution is 7.99. The second kappa shape index (κ2) is 9.82. The first-order chi connectivity index (χ1) is 10.8. The summed E-state index contributed by atoms with van der Waals surface area (Å²) in [4.78, 5) is 18.1. The molecule has 1 aliphatic rings. The minimum absolute atomic E-state index is 0.143. The van der Waals surface area contributed by atoms with Crippen molar-refractivity contribution in [2.24, 2.45) is 0 Å². The van der Waals surface area contributed by atoms with E-state index in [4.69, 9.17) is 0 Å². The van der Waals surface area contributed by atoms with Crippen molar-refractivity contribution >= 4 is 17.7 Å². The lowest BCUT2D eigenvalue weighted by atomic mass is 10.1. The summed E-state index contributed by atoms with van der Waals surface area (Å²) in [7, 11) is 0. The van der Waals surface area contributed by atoms with Gasteiger partial charge in [-0.05, 0) is 38.1 Å². The number of β-amino-alcohol motifs (C(OH)–C–C–N with tert-alkyl or cyclic N) is 1. The second-order valence-corrected chi connectivity index (χ2v) is 6.71. The maximum absolute atomic E-state index is 11.8. The molecule has 1 fully saturated rings. The van der Waals surface area contributed by atoms with Crippen LogP contribution in [0.5, 0.6) is 0 Å². The first-order valence-electron chi connectivity index (χ1n) is 7.93. The highest BCUT2D eigenvalue weighted by Gasteiger charge is 2.14. The summed E-state index contributed by atoms with van der Waals surface area (Å²) in [6.07, 6.45) is 5.14. The van der Waals surface area contributed by atoms with E-state index < -0.39 is 0 Å². The Labute approximate surface area is 136 Å². The number of nitrogens with one attached hydrogen (secondary N) is 1. The number of hydrogen-bond donors (Lipinski definition) is 2. The fraction of sp³-hybridized carbons (Fsp3) is 0.625. The van der Waals surface area contributed by atoms with Crippen LogP contribution in [0.2, 0.25) is 0 Å². The fourth-order valence-electron chi connectivity index (χ4n) is 2.54. The molecule has 0 aromatic carbocycles. The molecule has 5 nitrogen and oxygen atoms in total. The van der Waals surface area contributed by atoms with E-state index in [-0.39, 0.29) is 12.0 Å². The first-order valence-corrected chi connectivity index (χ1v) is 9.08. The monoisotopic (exact) mass is 323 g/mol. The molecule has 1 aliphatic heterocycles. The summed E-state index contributed by atoms with van der Waals surface area (Å²) in [5.74, 6) is 1.38. The third kappa shape index (κ3) is 6.34. The molecule has 2 rings (SSSR count). The fourth-order valence-corrected chi connectivity index (χ4v) is 3.33. The number of rotatable bonds is 8. The van der Waals surface area contributed by atoms with Gasteiger partial charge >= 0.3 is 0 Å². The summed E-state index contributed by atoms with van der Waals surface area (Å²) in [5, 5.41) is 12.9. The number of aromatic nitrogens is 1. The number of pyridine rings is 1. The first kappa shape index (κ1) is 17.2. The third-order valence-electron chi connectivity index (χ3n) is 3.66. The summed E-state index contributed by atoms with van der Waals surface area (Å²) in [6.45, 7) is 3.59. The van der Waals surface area contributed by atoms with Gasteiger partial charge in [0.05, 0.1) is 6.10 Å². The van der Waals surface area contributed by atoms with Crippen LogP contribution in [0.15, 0.2) is 24.4 Å². The van der Waals surface area contributed by atoms with E-state index in [1.807, 2.05) is 0 Å². The van der Waals surface area contributed by atoms with E-state index in [2.05, 4.69) is 15.2 Å².